The number of furan rings is 1. The summed E-state index contributed by atoms with van der Waals surface area (Å²) in [5.41, 5.74) is -3.48. The molecule has 0 bridgehead atoms. The van der Waals surface area contributed by atoms with Crippen LogP contribution in [0.4, 0.5) is 0 Å². The molecule has 0 saturated heterocycles. The van der Waals surface area contributed by atoms with Crippen LogP contribution in [0.25, 0.3) is 88.0 Å². The van der Waals surface area contributed by atoms with Crippen molar-refractivity contribution in [3.63, 3.8) is 0 Å². The molecule has 0 aliphatic heterocycles. The Morgan fingerprint density at radius 2 is 0.756 bits per heavy atom. The predicted molar refractivity (Wildman–Crippen MR) is 190 cm³/mol. The van der Waals surface area contributed by atoms with Gasteiger partial charge in [-0.1, -0.05) is 151 Å². The van der Waals surface area contributed by atoms with Crippen molar-refractivity contribution in [2.75, 3.05) is 0 Å². The quantitative estimate of drug-likeness (QED) is 0.184. The van der Waals surface area contributed by atoms with Gasteiger partial charge >= 0.3 is 0 Å². The molecule has 9 aromatic rings. The number of para-hydroxylation sites is 1. The van der Waals surface area contributed by atoms with Crippen LogP contribution >= 0.6 is 0 Å². The maximum Gasteiger partial charge on any atom is 0.135 e. The van der Waals surface area contributed by atoms with E-state index in [1.165, 1.54) is 24.3 Å². The third kappa shape index (κ3) is 4.24. The second kappa shape index (κ2) is 10.4. The van der Waals surface area contributed by atoms with Crippen molar-refractivity contribution in [1.82, 2.24) is 0 Å². The van der Waals surface area contributed by atoms with Gasteiger partial charge in [-0.15, -0.1) is 0 Å². The van der Waals surface area contributed by atoms with Gasteiger partial charge in [-0.3, -0.25) is 0 Å². The summed E-state index contributed by atoms with van der Waals surface area (Å²) in [4.78, 5) is 0. The molecule has 0 saturated carbocycles. The highest BCUT2D eigenvalue weighted by Crippen LogP contribution is 2.44. The number of fused-ring (bicyclic) bond motifs is 5. The van der Waals surface area contributed by atoms with Crippen LogP contribution in [0.3, 0.4) is 0 Å². The summed E-state index contributed by atoms with van der Waals surface area (Å²) in [6.45, 7) is 0. The minimum atomic E-state index is -0.943. The molecule has 9 rings (SSSR count). The fourth-order valence-corrected chi connectivity index (χ4v) is 5.35. The van der Waals surface area contributed by atoms with Crippen molar-refractivity contribution in [2.45, 2.75) is 0 Å². The number of rotatable bonds is 4. The zero-order chi connectivity index (χ0) is 50.6. The summed E-state index contributed by atoms with van der Waals surface area (Å²) < 4.78 is 216. The SMILES string of the molecule is [2H]c1c([2H])c([2H])c(-c2c([2H])c([2H])c(-c3c4c([2H])c([2H])c([2H])c([2H])c4c(-c4ccc(-c5c([2H])c([2H])c6oc7c([2H])c([2H])c([2H])c([2H])c7c6c5[2H])cc4)c4c([2H])c([2H])c([2H])c([2H])c34)c([2H])c2[2H])c([2H])c1[2H]. The largest absolute Gasteiger partial charge is 0.456 e. The highest BCUT2D eigenvalue weighted by molar-refractivity contribution is 6.21. The van der Waals surface area contributed by atoms with Gasteiger partial charge in [-0.25, -0.2) is 0 Å². The summed E-state index contributed by atoms with van der Waals surface area (Å²) >= 11 is 0. The topological polar surface area (TPSA) is 13.1 Å². The summed E-state index contributed by atoms with van der Waals surface area (Å²) in [5, 5.41) is -2.09. The first-order valence-electron chi connectivity index (χ1n) is 25.5. The Bertz CT molecular complexity index is 3740. The molecule has 1 heteroatoms. The van der Waals surface area contributed by atoms with Gasteiger partial charge in [0, 0.05) is 10.8 Å². The van der Waals surface area contributed by atoms with Crippen molar-refractivity contribution in [3.8, 4) is 44.5 Å². The van der Waals surface area contributed by atoms with Crippen molar-refractivity contribution < 1.29 is 37.3 Å². The minimum absolute atomic E-state index is 0.0413. The van der Waals surface area contributed by atoms with Crippen LogP contribution in [0.5, 0.6) is 0 Å². The first kappa shape index (κ1) is 11.2. The van der Waals surface area contributed by atoms with Gasteiger partial charge in [0.05, 0.1) is 32.9 Å². The summed E-state index contributed by atoms with van der Waals surface area (Å²) in [6.07, 6.45) is 0. The van der Waals surface area contributed by atoms with Crippen LogP contribution in [0.1, 0.15) is 32.9 Å². The monoisotopic (exact) mass is 596 g/mol. The number of benzene rings is 8. The maximum absolute atomic E-state index is 9.33. The fraction of sp³-hybridized carbons (Fsp3) is 0. The molecule has 0 spiro atoms. The normalized spacial score (nSPS) is 19.0. The van der Waals surface area contributed by atoms with E-state index in [2.05, 4.69) is 0 Å². The summed E-state index contributed by atoms with van der Waals surface area (Å²) in [6, 6.07) is -12.6. The molecule has 1 nitrogen and oxygen atoms in total. The van der Waals surface area contributed by atoms with Gasteiger partial charge in [0.25, 0.3) is 0 Å². The average Bonchev–Trinajstić information content (AvgIpc) is 3.75. The van der Waals surface area contributed by atoms with E-state index in [1.54, 1.807) is 0 Å². The molecule has 0 amide bonds. The van der Waals surface area contributed by atoms with Crippen molar-refractivity contribution in [2.24, 2.45) is 0 Å². The molecule has 0 aliphatic rings. The molecule has 1 aromatic heterocycles. The molecule has 0 fully saturated rings. The standard InChI is InChI=1S/C44H28O/c1-2-10-29(11-3-1)30-18-22-32(23-19-30)43-36-13-4-6-15-38(36)44(39-16-7-5-14-37(39)43)33-24-20-31(21-25-33)34-26-27-42-40(28-34)35-12-8-9-17-41(35)45-42/h1-28H/i1D,2D,3D,4D,5D,6D,7D,8D,9D,10D,11D,12D,13D,14D,15D,16D,17D,18D,19D,22D,23D,26D,27D,28D. The molecule has 0 unspecified atom stereocenters. The molecule has 210 valence electrons. The maximum atomic E-state index is 9.33. The van der Waals surface area contributed by atoms with Crippen molar-refractivity contribution in [1.29, 1.82) is 0 Å². The van der Waals surface area contributed by atoms with Gasteiger partial charge < -0.3 is 4.42 Å². The van der Waals surface area contributed by atoms with Crippen LogP contribution in [0, 0.1) is 0 Å². The fourth-order valence-electron chi connectivity index (χ4n) is 5.35. The Balaban J connectivity index is 1.40. The predicted octanol–water partition coefficient (Wildman–Crippen LogP) is 12.6. The lowest BCUT2D eigenvalue weighted by Crippen LogP contribution is -1.91. The summed E-state index contributed by atoms with van der Waals surface area (Å²) in [7, 11) is 0. The highest BCUT2D eigenvalue weighted by Gasteiger charge is 2.17. The van der Waals surface area contributed by atoms with E-state index in [-0.39, 0.29) is 55.0 Å². The summed E-state index contributed by atoms with van der Waals surface area (Å²) in [5.74, 6) is 0. The number of hydrogen-bond acceptors (Lipinski definition) is 1. The van der Waals surface area contributed by atoms with E-state index in [1.807, 2.05) is 0 Å². The third-order valence-corrected chi connectivity index (χ3v) is 7.35. The van der Waals surface area contributed by atoms with Gasteiger partial charge in [0.2, 0.25) is 0 Å². The van der Waals surface area contributed by atoms with E-state index in [9.17, 15) is 9.60 Å². The Labute approximate surface area is 295 Å². The van der Waals surface area contributed by atoms with Crippen LogP contribution in [-0.2, 0) is 0 Å². The van der Waals surface area contributed by atoms with Crippen molar-refractivity contribution >= 4 is 43.5 Å². The molecule has 0 radical (unpaired) electrons. The molecule has 45 heavy (non-hydrogen) atoms. The lowest BCUT2D eigenvalue weighted by Gasteiger charge is -2.18. The van der Waals surface area contributed by atoms with Gasteiger partial charge in [0.1, 0.15) is 11.2 Å². The Kier molecular flexibility index (Phi) is 2.58. The highest BCUT2D eigenvalue weighted by atomic mass is 16.3. The molecule has 0 atom stereocenters. The van der Waals surface area contributed by atoms with Crippen LogP contribution in [0.15, 0.2) is 174 Å². The minimum Gasteiger partial charge on any atom is -0.456 e. The first-order valence-corrected chi connectivity index (χ1v) is 13.5. The smallest absolute Gasteiger partial charge is 0.135 e. The van der Waals surface area contributed by atoms with E-state index >= 15 is 0 Å². The van der Waals surface area contributed by atoms with Crippen LogP contribution in [0.2, 0.25) is 0 Å². The van der Waals surface area contributed by atoms with Crippen molar-refractivity contribution in [3.05, 3.63) is 169 Å². The Morgan fingerprint density at radius 1 is 0.311 bits per heavy atom. The van der Waals surface area contributed by atoms with E-state index in [0.717, 1.165) is 0 Å². The number of hydrogen-bond donors (Lipinski definition) is 0. The molecule has 0 aliphatic carbocycles. The second-order valence-electron chi connectivity index (χ2n) is 9.84. The second-order valence-corrected chi connectivity index (χ2v) is 9.84. The molecule has 0 N–H and O–H groups in total. The van der Waals surface area contributed by atoms with E-state index in [4.69, 9.17) is 27.7 Å². The molecule has 8 aromatic carbocycles. The average molecular weight is 597 g/mol. The van der Waals surface area contributed by atoms with Crippen LogP contribution in [-0.4, -0.2) is 0 Å². The van der Waals surface area contributed by atoms with Crippen LogP contribution < -0.4 is 0 Å². The van der Waals surface area contributed by atoms with Gasteiger partial charge in [0.15, 0.2) is 0 Å². The van der Waals surface area contributed by atoms with Gasteiger partial charge in [-0.2, -0.15) is 0 Å². The zero-order valence-corrected chi connectivity index (χ0v) is 22.7. The lowest BCUT2D eigenvalue weighted by atomic mass is 9.85. The molecular weight excluding hydrogens is 544 g/mol. The van der Waals surface area contributed by atoms with E-state index in [0.29, 0.717) is 0 Å². The lowest BCUT2D eigenvalue weighted by molar-refractivity contribution is 0.669. The third-order valence-electron chi connectivity index (χ3n) is 7.35. The zero-order valence-electron chi connectivity index (χ0n) is 46.7. The van der Waals surface area contributed by atoms with Gasteiger partial charge in [-0.05, 0) is 84.2 Å². The molecular formula is C44H28O. The van der Waals surface area contributed by atoms with E-state index < -0.39 is 178 Å². The first-order chi connectivity index (χ1) is 32.3. The Hall–Kier alpha value is -5.92. The Morgan fingerprint density at radius 3 is 1.40 bits per heavy atom. The molecule has 1 heterocycles.